The first-order valence-electron chi connectivity index (χ1n) is 8.32. The van der Waals surface area contributed by atoms with Crippen molar-refractivity contribution < 1.29 is 48.1 Å². The van der Waals surface area contributed by atoms with E-state index in [-0.39, 0.29) is 10.8 Å². The van der Waals surface area contributed by atoms with Crippen molar-refractivity contribution >= 4 is 32.9 Å². The van der Waals surface area contributed by atoms with Crippen LogP contribution in [0.2, 0.25) is 0 Å². The van der Waals surface area contributed by atoms with Crippen LogP contribution in [0.15, 0.2) is 28.6 Å². The van der Waals surface area contributed by atoms with Gasteiger partial charge in [-0.3, -0.25) is 9.09 Å². The third kappa shape index (κ3) is 5.70. The fourth-order valence-electron chi connectivity index (χ4n) is 2.63. The van der Waals surface area contributed by atoms with Gasteiger partial charge in [0.2, 0.25) is 5.85 Å². The van der Waals surface area contributed by atoms with Crippen LogP contribution in [0.3, 0.4) is 0 Å². The van der Waals surface area contributed by atoms with Gasteiger partial charge in [-0.25, -0.2) is 18.9 Å². The van der Waals surface area contributed by atoms with E-state index in [0.29, 0.717) is 11.3 Å². The van der Waals surface area contributed by atoms with Gasteiger partial charge in [-0.1, -0.05) is 0 Å². The molecule has 1 saturated heterocycles. The van der Waals surface area contributed by atoms with E-state index in [9.17, 15) is 39.1 Å². The van der Waals surface area contributed by atoms with E-state index in [0.717, 1.165) is 17.0 Å². The summed E-state index contributed by atoms with van der Waals surface area (Å²) in [4.78, 5) is 63.0. The highest BCUT2D eigenvalue weighted by Gasteiger charge is 2.45. The summed E-state index contributed by atoms with van der Waals surface area (Å²) in [5, 5.41) is 21.2. The number of anilines is 1. The molecule has 0 bridgehead atoms. The topological polar surface area (TPSA) is 248 Å². The van der Waals surface area contributed by atoms with E-state index < -0.39 is 58.4 Å². The van der Waals surface area contributed by atoms with Crippen LogP contribution in [0.4, 0.5) is 5.82 Å². The van der Waals surface area contributed by atoms with Crippen LogP contribution in [0.1, 0.15) is 17.1 Å². The fraction of sp³-hybridized carbons (Fsp3) is 0.462. The second-order valence-electron chi connectivity index (χ2n) is 6.22. The van der Waals surface area contributed by atoms with Crippen LogP contribution in [0.5, 0.6) is 0 Å². The summed E-state index contributed by atoms with van der Waals surface area (Å²) in [6.07, 6.45) is -3.86. The van der Waals surface area contributed by atoms with Gasteiger partial charge in [0, 0.05) is 17.8 Å². The normalized spacial score (nSPS) is 27.2. The molecule has 0 aliphatic carbocycles. The van der Waals surface area contributed by atoms with Crippen LogP contribution >= 0.6 is 27.1 Å². The van der Waals surface area contributed by atoms with E-state index in [1.807, 2.05) is 0 Å². The van der Waals surface area contributed by atoms with E-state index in [1.165, 1.54) is 11.4 Å². The Morgan fingerprint density at radius 2 is 2.10 bits per heavy atom. The first kappa shape index (κ1) is 24.3. The largest absolute Gasteiger partial charge is 0.685 e. The number of nitrogens with two attached hydrogens (primary N) is 1. The summed E-state index contributed by atoms with van der Waals surface area (Å²) in [6, 6.07) is 1.24. The Balaban J connectivity index is 1.68. The molecule has 0 saturated carbocycles. The number of nitrogens with zero attached hydrogens (tertiary/aromatic N) is 3. The smallest absolute Gasteiger partial charge is 0.475 e. The van der Waals surface area contributed by atoms with Gasteiger partial charge in [-0.05, 0) is 6.07 Å². The molecule has 2 aromatic rings. The minimum Gasteiger partial charge on any atom is -0.685 e. The van der Waals surface area contributed by atoms with Gasteiger partial charge in [0.1, 0.15) is 24.1 Å². The van der Waals surface area contributed by atoms with Crippen molar-refractivity contribution in [3.63, 3.8) is 0 Å². The number of aliphatic hydroxyl groups excluding tert-OH is 2. The van der Waals surface area contributed by atoms with Crippen LogP contribution in [-0.4, -0.2) is 54.6 Å². The Kier molecular flexibility index (Phi) is 7.22. The van der Waals surface area contributed by atoms with Crippen molar-refractivity contribution in [2.24, 2.45) is 0 Å². The summed E-state index contributed by atoms with van der Waals surface area (Å²) < 4.78 is 27.4. The van der Waals surface area contributed by atoms with Crippen molar-refractivity contribution in [3.8, 4) is 0 Å². The summed E-state index contributed by atoms with van der Waals surface area (Å²) >= 11 is 0.702. The molecule has 172 valence electrons. The van der Waals surface area contributed by atoms with Crippen molar-refractivity contribution in [2.75, 3.05) is 12.3 Å². The van der Waals surface area contributed by atoms with Gasteiger partial charge in [0.25, 0.3) is 0 Å². The van der Waals surface area contributed by atoms with Crippen LogP contribution < -0.4 is 26.1 Å². The molecule has 3 rings (SSSR count). The van der Waals surface area contributed by atoms with Gasteiger partial charge >= 0.3 is 13.5 Å². The molecule has 1 aliphatic rings. The predicted molar refractivity (Wildman–Crippen MR) is 97.5 cm³/mol. The highest BCUT2D eigenvalue weighted by atomic mass is 32.1. The van der Waals surface area contributed by atoms with Crippen LogP contribution in [-0.2, 0) is 18.3 Å². The molecule has 3 heterocycles. The average molecular weight is 498 g/mol. The maximum absolute atomic E-state index is 12.2. The minimum absolute atomic E-state index is 0.0867. The Morgan fingerprint density at radius 1 is 1.39 bits per heavy atom. The molecule has 5 N–H and O–H groups in total. The molecule has 6 atom stereocenters. The lowest BCUT2D eigenvalue weighted by Gasteiger charge is -2.46. The fourth-order valence-corrected chi connectivity index (χ4v) is 5.73. The number of rotatable bonds is 8. The first-order chi connectivity index (χ1) is 14.4. The van der Waals surface area contributed by atoms with Crippen molar-refractivity contribution in [3.05, 3.63) is 39.3 Å². The molecule has 0 amide bonds. The number of thiazole rings is 1. The molecule has 1 aliphatic heterocycles. The average Bonchev–Trinajstić information content (AvgIpc) is 3.28. The SMILES string of the molecule is Nc1ccn([C@@H]2O[C@H](COP(=O)(O)OC(c3nccs3)[P+]([O-])([O-])[O-])[C@@H](O)[C@H]2O)c(=O)n1. The second kappa shape index (κ2) is 9.23. The molecule has 18 heteroatoms. The van der Waals surface area contributed by atoms with E-state index in [4.69, 9.17) is 10.5 Å². The number of hydrogen-bond acceptors (Lipinski definition) is 14. The van der Waals surface area contributed by atoms with Gasteiger partial charge < -0.3 is 40.3 Å². The molecule has 0 spiro atoms. The van der Waals surface area contributed by atoms with E-state index >= 15 is 0 Å². The van der Waals surface area contributed by atoms with Gasteiger partial charge in [0.05, 0.1) is 6.61 Å². The number of ether oxygens (including phenoxy) is 1. The van der Waals surface area contributed by atoms with Gasteiger partial charge in [-0.2, -0.15) is 4.98 Å². The zero-order valence-electron chi connectivity index (χ0n) is 15.2. The lowest BCUT2D eigenvalue weighted by atomic mass is 10.1. The lowest BCUT2D eigenvalue weighted by molar-refractivity contribution is -0.436. The number of phosphoric acid groups is 1. The molecule has 15 nitrogen and oxygen atoms in total. The minimum atomic E-state index is -5.55. The van der Waals surface area contributed by atoms with Crippen LogP contribution in [0.25, 0.3) is 0 Å². The van der Waals surface area contributed by atoms with E-state index in [1.54, 1.807) is 0 Å². The predicted octanol–water partition coefficient (Wildman–Crippen LogP) is -3.42. The van der Waals surface area contributed by atoms with Crippen molar-refractivity contribution in [1.29, 1.82) is 0 Å². The summed E-state index contributed by atoms with van der Waals surface area (Å²) in [5.74, 6) is -2.47. The molecule has 0 radical (unpaired) electrons. The van der Waals surface area contributed by atoms with Gasteiger partial charge in [0.15, 0.2) is 11.2 Å². The zero-order valence-corrected chi connectivity index (χ0v) is 17.8. The lowest BCUT2D eigenvalue weighted by Crippen LogP contribution is -2.38. The molecule has 0 aromatic carbocycles. The standard InChI is InChI=1S/C13H18N4O11P2S/c14-7-1-3-17(13(20)16-7)11-9(19)8(18)6(27-11)5-26-30(24,25)28-12(29(21,22)23)10-15-2-4-31-10/h1-4,6,8-9,11-12,18-19H,5H2,(H,24,25)(H2,14,16,20)(H2,21,22,23)/p-2/t6-,8-,9-,11-,12?/m1/s1. The molecule has 1 fully saturated rings. The summed E-state index contributed by atoms with van der Waals surface area (Å²) in [7, 11) is -10.7. The van der Waals surface area contributed by atoms with Gasteiger partial charge in [-0.15, -0.1) is 19.3 Å². The molecule has 2 unspecified atom stereocenters. The first-order valence-corrected chi connectivity index (χ1v) is 12.3. The molecular formula is C13H16N4O11P2S-2. The molecule has 2 aromatic heterocycles. The third-order valence-electron chi connectivity index (χ3n) is 4.05. The van der Waals surface area contributed by atoms with Crippen LogP contribution in [0, 0.1) is 0 Å². The highest BCUT2D eigenvalue weighted by molar-refractivity contribution is 7.56. The maximum atomic E-state index is 12.2. The third-order valence-corrected chi connectivity index (χ3v) is 7.08. The number of hydrogen-bond donors (Lipinski definition) is 4. The Labute approximate surface area is 178 Å². The van der Waals surface area contributed by atoms with E-state index in [2.05, 4.69) is 19.0 Å². The Bertz CT molecular complexity index is 1000. The Hall–Kier alpha value is -1.39. The van der Waals surface area contributed by atoms with Crippen molar-refractivity contribution in [1.82, 2.24) is 14.5 Å². The number of phosphoric ester groups is 1. The number of aromatic nitrogens is 3. The quantitative estimate of drug-likeness (QED) is 0.259. The zero-order chi connectivity index (χ0) is 23.0. The highest BCUT2D eigenvalue weighted by Crippen LogP contribution is 2.59. The number of nitrogen functional groups attached to an aromatic ring is 1. The number of aliphatic hydroxyl groups is 2. The summed E-state index contributed by atoms with van der Waals surface area (Å²) in [6.45, 7) is -0.869. The monoisotopic (exact) mass is 498 g/mol. The maximum Gasteiger partial charge on any atom is 0.475 e. The molecular weight excluding hydrogens is 482 g/mol. The van der Waals surface area contributed by atoms with Crippen molar-refractivity contribution in [2.45, 2.75) is 30.4 Å². The molecule has 31 heavy (non-hydrogen) atoms. The second-order valence-corrected chi connectivity index (χ2v) is 10.1. The summed E-state index contributed by atoms with van der Waals surface area (Å²) in [5.41, 5.74) is 4.49. The Morgan fingerprint density at radius 3 is 2.68 bits per heavy atom.